The van der Waals surface area contributed by atoms with Crippen LogP contribution in [-0.4, -0.2) is 59.0 Å². The maximum atomic E-state index is 12.2. The molecule has 0 aliphatic carbocycles. The van der Waals surface area contributed by atoms with E-state index >= 15 is 0 Å². The molecule has 0 aromatic carbocycles. The molecule has 0 spiro atoms. The van der Waals surface area contributed by atoms with E-state index in [1.54, 1.807) is 14.2 Å². The predicted molar refractivity (Wildman–Crippen MR) is 82.6 cm³/mol. The van der Waals surface area contributed by atoms with Crippen LogP contribution in [0.4, 0.5) is 5.95 Å². The third-order valence-electron chi connectivity index (χ3n) is 3.91. The Morgan fingerprint density at radius 3 is 2.68 bits per heavy atom. The lowest BCUT2D eigenvalue weighted by molar-refractivity contribution is 0.188. The number of fused-ring (bicyclic) bond motifs is 1. The maximum Gasteiger partial charge on any atom is 0.329 e. The van der Waals surface area contributed by atoms with Crippen LogP contribution in [-0.2, 0) is 18.3 Å². The molecule has 1 saturated heterocycles. The van der Waals surface area contributed by atoms with Gasteiger partial charge in [0.1, 0.15) is 0 Å². The summed E-state index contributed by atoms with van der Waals surface area (Å²) >= 11 is 0. The fraction of sp³-hybridized carbons (Fsp3) is 0.615. The van der Waals surface area contributed by atoms with Crippen LogP contribution >= 0.6 is 0 Å². The van der Waals surface area contributed by atoms with E-state index in [2.05, 4.69) is 20.2 Å². The molecule has 1 aliphatic heterocycles. The summed E-state index contributed by atoms with van der Waals surface area (Å²) in [5.41, 5.74) is -0.0603. The number of anilines is 1. The van der Waals surface area contributed by atoms with Crippen LogP contribution in [0.2, 0.25) is 0 Å². The minimum Gasteiger partial charge on any atom is -0.383 e. The van der Waals surface area contributed by atoms with Crippen molar-refractivity contribution < 1.29 is 4.74 Å². The monoisotopic (exact) mass is 308 g/mol. The Bertz CT molecular complexity index is 783. The fourth-order valence-electron chi connectivity index (χ4n) is 2.72. The highest BCUT2D eigenvalue weighted by molar-refractivity contribution is 5.74. The third-order valence-corrected chi connectivity index (χ3v) is 3.91. The number of aromatic nitrogens is 4. The number of aryl methyl sites for hydroxylation is 1. The first-order valence-corrected chi connectivity index (χ1v) is 7.27. The molecule has 2 N–H and O–H groups in total. The van der Waals surface area contributed by atoms with Crippen molar-refractivity contribution in [3.05, 3.63) is 20.8 Å². The quantitative estimate of drug-likeness (QED) is 0.712. The second-order valence-corrected chi connectivity index (χ2v) is 5.28. The first-order chi connectivity index (χ1) is 10.6. The van der Waals surface area contributed by atoms with Crippen molar-refractivity contribution in [1.82, 2.24) is 24.4 Å². The van der Waals surface area contributed by atoms with Gasteiger partial charge in [-0.2, -0.15) is 4.98 Å². The second kappa shape index (κ2) is 5.93. The van der Waals surface area contributed by atoms with E-state index in [-0.39, 0.29) is 0 Å². The number of ether oxygens (including phenoxy) is 1. The number of nitrogens with zero attached hydrogens (tertiary/aromatic N) is 4. The molecule has 0 bridgehead atoms. The zero-order chi connectivity index (χ0) is 15.7. The molecule has 1 aliphatic rings. The molecule has 2 aromatic heterocycles. The molecule has 0 radical (unpaired) electrons. The topological polar surface area (TPSA) is 97.2 Å². The summed E-state index contributed by atoms with van der Waals surface area (Å²) < 4.78 is 8.34. The number of piperazine rings is 1. The van der Waals surface area contributed by atoms with Gasteiger partial charge in [-0.1, -0.05) is 0 Å². The average molecular weight is 308 g/mol. The first kappa shape index (κ1) is 14.8. The second-order valence-electron chi connectivity index (χ2n) is 5.28. The molecule has 0 amide bonds. The molecule has 0 unspecified atom stereocenters. The number of imidazole rings is 1. The number of H-pyrrole nitrogens is 1. The summed E-state index contributed by atoms with van der Waals surface area (Å²) in [5, 5.41) is 3.29. The van der Waals surface area contributed by atoms with Gasteiger partial charge in [-0.25, -0.2) is 4.79 Å². The van der Waals surface area contributed by atoms with Crippen molar-refractivity contribution in [3.63, 3.8) is 0 Å². The highest BCUT2D eigenvalue weighted by Gasteiger charge is 2.22. The number of nitrogens with one attached hydrogen (secondary N) is 2. The first-order valence-electron chi connectivity index (χ1n) is 7.27. The Kier molecular flexibility index (Phi) is 3.99. The lowest BCUT2D eigenvalue weighted by Gasteiger charge is -2.28. The molecule has 9 nitrogen and oxygen atoms in total. The fourth-order valence-corrected chi connectivity index (χ4v) is 2.72. The Hall–Kier alpha value is -2.13. The molecule has 3 heterocycles. The molecule has 1 fully saturated rings. The van der Waals surface area contributed by atoms with Gasteiger partial charge in [-0.05, 0) is 0 Å². The van der Waals surface area contributed by atoms with E-state index in [9.17, 15) is 9.59 Å². The number of methoxy groups -OCH3 is 1. The van der Waals surface area contributed by atoms with E-state index in [1.165, 1.54) is 4.57 Å². The minimum absolute atomic E-state index is 0.401. The van der Waals surface area contributed by atoms with Crippen LogP contribution in [0.1, 0.15) is 0 Å². The molecule has 0 atom stereocenters. The van der Waals surface area contributed by atoms with E-state index in [0.717, 1.165) is 26.2 Å². The Morgan fingerprint density at radius 2 is 2.00 bits per heavy atom. The highest BCUT2D eigenvalue weighted by Crippen LogP contribution is 2.19. The summed E-state index contributed by atoms with van der Waals surface area (Å²) in [5.74, 6) is 0.709. The third kappa shape index (κ3) is 2.42. The summed E-state index contributed by atoms with van der Waals surface area (Å²) in [6.07, 6.45) is 0. The predicted octanol–water partition coefficient (Wildman–Crippen LogP) is -1.52. The van der Waals surface area contributed by atoms with Gasteiger partial charge < -0.3 is 19.5 Å². The molecule has 3 rings (SSSR count). The SMILES string of the molecule is COCCn1c(N2CCNCC2)nc2c1c(=O)[nH]c(=O)n2C. The van der Waals surface area contributed by atoms with Crippen LogP contribution in [0.15, 0.2) is 9.59 Å². The maximum absolute atomic E-state index is 12.2. The van der Waals surface area contributed by atoms with Crippen LogP contribution in [0.5, 0.6) is 0 Å². The Morgan fingerprint density at radius 1 is 1.27 bits per heavy atom. The van der Waals surface area contributed by atoms with Crippen molar-refractivity contribution in [2.45, 2.75) is 6.54 Å². The minimum atomic E-state index is -0.458. The van der Waals surface area contributed by atoms with Gasteiger partial charge in [-0.3, -0.25) is 14.3 Å². The van der Waals surface area contributed by atoms with Crippen LogP contribution in [0, 0.1) is 0 Å². The standard InChI is InChI=1S/C13H20N6O3/c1-17-10-9(11(20)16-13(17)21)19(7-8-22-2)12(15-10)18-5-3-14-4-6-18/h14H,3-8H2,1-2H3,(H,16,20,21). The number of hydrogen-bond donors (Lipinski definition) is 2. The van der Waals surface area contributed by atoms with E-state index in [1.807, 2.05) is 4.57 Å². The van der Waals surface area contributed by atoms with Crippen LogP contribution in [0.3, 0.4) is 0 Å². The van der Waals surface area contributed by atoms with Crippen LogP contribution in [0.25, 0.3) is 11.2 Å². The summed E-state index contributed by atoms with van der Waals surface area (Å²) in [7, 11) is 3.22. The lowest BCUT2D eigenvalue weighted by atomic mass is 10.4. The van der Waals surface area contributed by atoms with Gasteiger partial charge in [0.2, 0.25) is 5.95 Å². The average Bonchev–Trinajstić information content (AvgIpc) is 2.91. The van der Waals surface area contributed by atoms with Gasteiger partial charge in [0.15, 0.2) is 11.2 Å². The zero-order valence-corrected chi connectivity index (χ0v) is 12.8. The summed E-state index contributed by atoms with van der Waals surface area (Å²) in [6, 6.07) is 0. The molecule has 9 heteroatoms. The lowest BCUT2D eigenvalue weighted by Crippen LogP contribution is -2.44. The van der Waals surface area contributed by atoms with Gasteiger partial charge in [-0.15, -0.1) is 0 Å². The van der Waals surface area contributed by atoms with Gasteiger partial charge in [0.25, 0.3) is 5.56 Å². The van der Waals surface area contributed by atoms with Crippen molar-refractivity contribution in [2.75, 3.05) is 44.8 Å². The summed E-state index contributed by atoms with van der Waals surface area (Å²) in [4.78, 5) is 33.0. The molecule has 2 aromatic rings. The number of rotatable bonds is 4. The number of hydrogen-bond acceptors (Lipinski definition) is 6. The van der Waals surface area contributed by atoms with E-state index < -0.39 is 11.2 Å². The smallest absolute Gasteiger partial charge is 0.329 e. The number of aromatic amines is 1. The highest BCUT2D eigenvalue weighted by atomic mass is 16.5. The Labute approximate surface area is 126 Å². The largest absolute Gasteiger partial charge is 0.383 e. The van der Waals surface area contributed by atoms with E-state index in [4.69, 9.17) is 4.74 Å². The van der Waals surface area contributed by atoms with Crippen molar-refractivity contribution in [2.24, 2.45) is 7.05 Å². The molecule has 22 heavy (non-hydrogen) atoms. The van der Waals surface area contributed by atoms with Crippen molar-refractivity contribution >= 4 is 17.1 Å². The zero-order valence-electron chi connectivity index (χ0n) is 12.8. The van der Waals surface area contributed by atoms with Crippen LogP contribution < -0.4 is 21.5 Å². The molecular weight excluding hydrogens is 288 g/mol. The Balaban J connectivity index is 2.21. The normalized spacial score (nSPS) is 15.6. The molecule has 120 valence electrons. The van der Waals surface area contributed by atoms with Gasteiger partial charge in [0, 0.05) is 46.9 Å². The summed E-state index contributed by atoms with van der Waals surface area (Å²) in [6.45, 7) is 4.32. The molecular formula is C13H20N6O3. The van der Waals surface area contributed by atoms with E-state index in [0.29, 0.717) is 30.3 Å². The van der Waals surface area contributed by atoms with Crippen molar-refractivity contribution in [1.29, 1.82) is 0 Å². The van der Waals surface area contributed by atoms with Gasteiger partial charge in [0.05, 0.1) is 6.61 Å². The van der Waals surface area contributed by atoms with Gasteiger partial charge >= 0.3 is 5.69 Å². The van der Waals surface area contributed by atoms with Crippen molar-refractivity contribution in [3.8, 4) is 0 Å². The molecule has 0 saturated carbocycles.